The first kappa shape index (κ1) is 15.9. The van der Waals surface area contributed by atoms with Crippen molar-refractivity contribution in [1.82, 2.24) is 5.43 Å². The van der Waals surface area contributed by atoms with E-state index in [4.69, 9.17) is 10.6 Å². The van der Waals surface area contributed by atoms with E-state index in [1.807, 2.05) is 13.0 Å². The Labute approximate surface area is 130 Å². The molecule has 0 saturated carbocycles. The number of rotatable bonds is 4. The zero-order valence-corrected chi connectivity index (χ0v) is 13.2. The number of methoxy groups -OCH3 is 1. The second-order valence-corrected chi connectivity index (χ2v) is 5.46. The lowest BCUT2D eigenvalue weighted by molar-refractivity contribution is 0.401. The Kier molecular flexibility index (Phi) is 4.92. The third kappa shape index (κ3) is 3.07. The molecule has 0 aliphatic carbocycles. The maximum atomic E-state index is 14.3. The number of aryl methyl sites for hydroxylation is 1. The molecule has 0 spiro atoms. The SMILES string of the molecule is COc1ccc(C)cc1C(NN)c1c(F)ccc(Br)c1F. The lowest BCUT2D eigenvalue weighted by atomic mass is 9.96. The molecule has 3 nitrogen and oxygen atoms in total. The second kappa shape index (κ2) is 6.51. The van der Waals surface area contributed by atoms with Crippen LogP contribution in [0, 0.1) is 18.6 Å². The zero-order chi connectivity index (χ0) is 15.6. The van der Waals surface area contributed by atoms with Crippen molar-refractivity contribution in [2.24, 2.45) is 5.84 Å². The van der Waals surface area contributed by atoms with Gasteiger partial charge in [0.15, 0.2) is 0 Å². The third-order valence-electron chi connectivity index (χ3n) is 3.23. The molecular formula is C15H15BrF2N2O. The number of hydrogen-bond donors (Lipinski definition) is 2. The van der Waals surface area contributed by atoms with Gasteiger partial charge in [-0.1, -0.05) is 17.7 Å². The van der Waals surface area contributed by atoms with Gasteiger partial charge in [0.05, 0.1) is 17.6 Å². The van der Waals surface area contributed by atoms with Crippen LogP contribution in [-0.4, -0.2) is 7.11 Å². The summed E-state index contributed by atoms with van der Waals surface area (Å²) in [5.74, 6) is 4.67. The maximum Gasteiger partial charge on any atom is 0.145 e. The van der Waals surface area contributed by atoms with Gasteiger partial charge in [-0.25, -0.2) is 14.2 Å². The molecule has 1 unspecified atom stereocenters. The van der Waals surface area contributed by atoms with Crippen molar-refractivity contribution >= 4 is 15.9 Å². The van der Waals surface area contributed by atoms with E-state index in [-0.39, 0.29) is 10.0 Å². The highest BCUT2D eigenvalue weighted by Gasteiger charge is 2.25. The summed E-state index contributed by atoms with van der Waals surface area (Å²) in [6.07, 6.45) is 0. The van der Waals surface area contributed by atoms with Gasteiger partial charge in [0, 0.05) is 11.1 Å². The van der Waals surface area contributed by atoms with Crippen LogP contribution in [0.3, 0.4) is 0 Å². The molecule has 21 heavy (non-hydrogen) atoms. The van der Waals surface area contributed by atoms with Crippen LogP contribution in [0.5, 0.6) is 5.75 Å². The molecule has 0 aliphatic heterocycles. The number of hydrazine groups is 1. The average molecular weight is 357 g/mol. The van der Waals surface area contributed by atoms with Crippen molar-refractivity contribution in [2.75, 3.05) is 7.11 Å². The number of hydrogen-bond acceptors (Lipinski definition) is 3. The normalized spacial score (nSPS) is 12.3. The van der Waals surface area contributed by atoms with Crippen LogP contribution >= 0.6 is 15.9 Å². The number of benzene rings is 2. The number of halogens is 3. The average Bonchev–Trinajstić information content (AvgIpc) is 2.47. The van der Waals surface area contributed by atoms with Crippen molar-refractivity contribution in [3.63, 3.8) is 0 Å². The Bertz CT molecular complexity index is 664. The largest absolute Gasteiger partial charge is 0.496 e. The first-order valence-electron chi connectivity index (χ1n) is 6.23. The molecule has 2 aromatic rings. The molecule has 0 fully saturated rings. The Morgan fingerprint density at radius 1 is 1.24 bits per heavy atom. The van der Waals surface area contributed by atoms with Crippen LogP contribution in [0.4, 0.5) is 8.78 Å². The molecule has 0 amide bonds. The minimum atomic E-state index is -0.864. The van der Waals surface area contributed by atoms with Crippen molar-refractivity contribution in [1.29, 1.82) is 0 Å². The first-order chi connectivity index (χ1) is 9.99. The Balaban J connectivity index is 2.66. The van der Waals surface area contributed by atoms with Crippen molar-refractivity contribution in [2.45, 2.75) is 13.0 Å². The van der Waals surface area contributed by atoms with Crippen LogP contribution in [0.2, 0.25) is 0 Å². The molecule has 0 radical (unpaired) electrons. The van der Waals surface area contributed by atoms with E-state index in [1.165, 1.54) is 19.2 Å². The summed E-state index contributed by atoms with van der Waals surface area (Å²) in [4.78, 5) is 0. The minimum Gasteiger partial charge on any atom is -0.496 e. The lowest BCUT2D eigenvalue weighted by Crippen LogP contribution is -2.30. The second-order valence-electron chi connectivity index (χ2n) is 4.60. The molecule has 0 aliphatic rings. The van der Waals surface area contributed by atoms with E-state index >= 15 is 0 Å². The molecular weight excluding hydrogens is 342 g/mol. The first-order valence-corrected chi connectivity index (χ1v) is 7.03. The molecule has 1 atom stereocenters. The van der Waals surface area contributed by atoms with E-state index < -0.39 is 17.7 Å². The molecule has 3 N–H and O–H groups in total. The summed E-state index contributed by atoms with van der Waals surface area (Å²) in [5, 5.41) is 0. The monoisotopic (exact) mass is 356 g/mol. The fraction of sp³-hybridized carbons (Fsp3) is 0.200. The van der Waals surface area contributed by atoms with E-state index in [9.17, 15) is 8.78 Å². The third-order valence-corrected chi connectivity index (χ3v) is 3.84. The predicted octanol–water partition coefficient (Wildman–Crippen LogP) is 3.60. The van der Waals surface area contributed by atoms with Crippen LogP contribution in [0.25, 0.3) is 0 Å². The molecule has 0 aromatic heterocycles. The highest BCUT2D eigenvalue weighted by molar-refractivity contribution is 9.10. The molecule has 112 valence electrons. The van der Waals surface area contributed by atoms with Crippen molar-refractivity contribution in [3.8, 4) is 5.75 Å². The Hall–Kier alpha value is -1.50. The molecule has 2 rings (SSSR count). The summed E-state index contributed by atoms with van der Waals surface area (Å²) < 4.78 is 33.8. The lowest BCUT2D eigenvalue weighted by Gasteiger charge is -2.21. The smallest absolute Gasteiger partial charge is 0.145 e. The fourth-order valence-corrected chi connectivity index (χ4v) is 2.56. The van der Waals surface area contributed by atoms with Gasteiger partial charge in [-0.15, -0.1) is 0 Å². The highest BCUT2D eigenvalue weighted by Crippen LogP contribution is 2.35. The summed E-state index contributed by atoms with van der Waals surface area (Å²) in [7, 11) is 1.50. The van der Waals surface area contributed by atoms with Gasteiger partial charge in [0.1, 0.15) is 17.4 Å². The van der Waals surface area contributed by atoms with E-state index in [0.29, 0.717) is 11.3 Å². The summed E-state index contributed by atoms with van der Waals surface area (Å²) in [6, 6.07) is 7.01. The molecule has 2 aromatic carbocycles. The molecule has 0 bridgehead atoms. The van der Waals surface area contributed by atoms with Gasteiger partial charge in [-0.2, -0.15) is 0 Å². The summed E-state index contributed by atoms with van der Waals surface area (Å²) in [5.41, 5.74) is 3.81. The Morgan fingerprint density at radius 2 is 1.95 bits per heavy atom. The van der Waals surface area contributed by atoms with Crippen LogP contribution in [0.15, 0.2) is 34.8 Å². The van der Waals surface area contributed by atoms with Crippen molar-refractivity contribution < 1.29 is 13.5 Å². The van der Waals surface area contributed by atoms with E-state index in [2.05, 4.69) is 21.4 Å². The van der Waals surface area contributed by atoms with Crippen molar-refractivity contribution in [3.05, 3.63) is 63.1 Å². The maximum absolute atomic E-state index is 14.3. The molecule has 0 heterocycles. The number of nitrogens with two attached hydrogens (primary N) is 1. The van der Waals surface area contributed by atoms with Gasteiger partial charge in [-0.05, 0) is 41.1 Å². The van der Waals surface area contributed by atoms with Gasteiger partial charge in [0.25, 0.3) is 0 Å². The van der Waals surface area contributed by atoms with Crippen LogP contribution in [-0.2, 0) is 0 Å². The quantitative estimate of drug-likeness (QED) is 0.499. The Morgan fingerprint density at radius 3 is 2.57 bits per heavy atom. The number of ether oxygens (including phenoxy) is 1. The van der Waals surface area contributed by atoms with Gasteiger partial charge < -0.3 is 4.74 Å². The van der Waals surface area contributed by atoms with Crippen LogP contribution in [0.1, 0.15) is 22.7 Å². The minimum absolute atomic E-state index is 0.157. The fourth-order valence-electron chi connectivity index (χ4n) is 2.22. The summed E-state index contributed by atoms with van der Waals surface area (Å²) in [6.45, 7) is 1.88. The van der Waals surface area contributed by atoms with E-state index in [0.717, 1.165) is 5.56 Å². The van der Waals surface area contributed by atoms with Crippen LogP contribution < -0.4 is 16.0 Å². The zero-order valence-electron chi connectivity index (χ0n) is 11.6. The number of nitrogens with one attached hydrogen (secondary N) is 1. The van der Waals surface area contributed by atoms with Gasteiger partial charge in [-0.3, -0.25) is 5.84 Å². The van der Waals surface area contributed by atoms with E-state index in [1.54, 1.807) is 12.1 Å². The van der Waals surface area contributed by atoms with Gasteiger partial charge >= 0.3 is 0 Å². The topological polar surface area (TPSA) is 47.3 Å². The highest BCUT2D eigenvalue weighted by atomic mass is 79.9. The molecule has 0 saturated heterocycles. The summed E-state index contributed by atoms with van der Waals surface area (Å²) >= 11 is 3.06. The van der Waals surface area contributed by atoms with Gasteiger partial charge in [0.2, 0.25) is 0 Å². The molecule has 6 heteroatoms. The predicted molar refractivity (Wildman–Crippen MR) is 81.0 cm³/mol. The standard InChI is InChI=1S/C15H15BrF2N2O/c1-8-3-6-12(21-2)9(7-8)15(20-19)13-11(17)5-4-10(16)14(13)18/h3-7,15,20H,19H2,1-2H3.